The maximum Gasteiger partial charge on any atom is 0.252 e. The van der Waals surface area contributed by atoms with Crippen LogP contribution in [-0.2, 0) is 24.7 Å². The molecule has 1 aromatic carbocycles. The van der Waals surface area contributed by atoms with Crippen LogP contribution in [-0.4, -0.2) is 59.9 Å². The van der Waals surface area contributed by atoms with Gasteiger partial charge in [0.05, 0.1) is 10.6 Å². The van der Waals surface area contributed by atoms with E-state index < -0.39 is 31.8 Å². The number of sulfonamides is 1. The number of rotatable bonds is 8. The second-order valence-electron chi connectivity index (χ2n) is 5.42. The summed E-state index contributed by atoms with van der Waals surface area (Å²) in [5.74, 6) is -0.983. The first-order valence-electron chi connectivity index (χ1n) is 6.84. The van der Waals surface area contributed by atoms with Crippen LogP contribution in [0.3, 0.4) is 0 Å². The molecule has 0 bridgehead atoms. The Morgan fingerprint density at radius 2 is 1.71 bits per heavy atom. The highest BCUT2D eigenvalue weighted by molar-refractivity contribution is 7.90. The molecule has 0 saturated heterocycles. The number of hydrogen-bond acceptors (Lipinski definition) is 6. The molecular formula is C13H20ClN3O5S2. The van der Waals surface area contributed by atoms with Crippen molar-refractivity contribution in [3.63, 3.8) is 0 Å². The van der Waals surface area contributed by atoms with Crippen molar-refractivity contribution in [3.05, 3.63) is 29.3 Å². The minimum absolute atomic E-state index is 0.0751. The van der Waals surface area contributed by atoms with Crippen LogP contribution in [0.2, 0.25) is 5.02 Å². The van der Waals surface area contributed by atoms with Gasteiger partial charge in [-0.05, 0) is 30.7 Å². The van der Waals surface area contributed by atoms with E-state index in [4.69, 9.17) is 11.6 Å². The number of carbonyl (C=O) groups is 1. The van der Waals surface area contributed by atoms with Gasteiger partial charge in [-0.1, -0.05) is 11.6 Å². The first-order chi connectivity index (χ1) is 10.9. The Labute approximate surface area is 147 Å². The second kappa shape index (κ2) is 8.26. The summed E-state index contributed by atoms with van der Waals surface area (Å²) in [6.07, 6.45) is 0.826. The lowest BCUT2D eigenvalue weighted by molar-refractivity contribution is -0.126. The van der Waals surface area contributed by atoms with E-state index in [-0.39, 0.29) is 17.1 Å². The molecule has 0 aromatic heterocycles. The molecule has 2 N–H and O–H groups in total. The van der Waals surface area contributed by atoms with E-state index in [9.17, 15) is 21.6 Å². The van der Waals surface area contributed by atoms with Gasteiger partial charge in [-0.15, -0.1) is 0 Å². The fourth-order valence-corrected chi connectivity index (χ4v) is 3.76. The van der Waals surface area contributed by atoms with E-state index in [2.05, 4.69) is 10.1 Å². The number of nitrogens with one attached hydrogen (secondary N) is 2. The lowest BCUT2D eigenvalue weighted by Gasteiger charge is -2.20. The summed E-state index contributed by atoms with van der Waals surface area (Å²) in [5.41, 5.74) is 2.41. The summed E-state index contributed by atoms with van der Waals surface area (Å²) in [6.45, 7) is 0. The molecule has 0 heterocycles. The van der Waals surface area contributed by atoms with Crippen molar-refractivity contribution >= 4 is 37.4 Å². The van der Waals surface area contributed by atoms with E-state index in [1.807, 2.05) is 0 Å². The zero-order chi connectivity index (χ0) is 18.5. The monoisotopic (exact) mass is 397 g/mol. The van der Waals surface area contributed by atoms with Crippen molar-refractivity contribution in [3.8, 4) is 0 Å². The molecule has 0 unspecified atom stereocenters. The zero-order valence-corrected chi connectivity index (χ0v) is 15.9. The predicted molar refractivity (Wildman–Crippen MR) is 91.7 cm³/mol. The van der Waals surface area contributed by atoms with Gasteiger partial charge >= 0.3 is 0 Å². The molecule has 0 fully saturated rings. The Kier molecular flexibility index (Phi) is 7.17. The summed E-state index contributed by atoms with van der Waals surface area (Å²) >= 11 is 5.72. The Morgan fingerprint density at radius 3 is 2.17 bits per heavy atom. The molecular weight excluding hydrogens is 378 g/mol. The van der Waals surface area contributed by atoms with E-state index >= 15 is 0 Å². The quantitative estimate of drug-likeness (QED) is 0.598. The van der Waals surface area contributed by atoms with Crippen LogP contribution in [0, 0.1) is 0 Å². The maximum absolute atomic E-state index is 12.4. The van der Waals surface area contributed by atoms with Crippen LogP contribution in [0.25, 0.3) is 0 Å². The molecule has 0 aliphatic rings. The van der Waals surface area contributed by atoms with Gasteiger partial charge in [0.15, 0.2) is 0 Å². The highest BCUT2D eigenvalue weighted by atomic mass is 35.5. The van der Waals surface area contributed by atoms with E-state index in [1.165, 1.54) is 29.3 Å². The minimum Gasteiger partial charge on any atom is -0.288 e. The standard InChI is InChI=1S/C13H20ClN3O5S2/c1-17(2)15-13(18)12(8-9-23(3,19)20)16-24(21,22)11-6-4-10(14)5-7-11/h4-7,12,16H,8-9H2,1-3H3,(H,15,18)/t12-/m1/s1. The van der Waals surface area contributed by atoms with Crippen LogP contribution in [0.5, 0.6) is 0 Å². The third-order valence-electron chi connectivity index (χ3n) is 2.85. The van der Waals surface area contributed by atoms with E-state index in [1.54, 1.807) is 14.1 Å². The fraction of sp³-hybridized carbons (Fsp3) is 0.462. The number of hydrazine groups is 1. The Morgan fingerprint density at radius 1 is 1.17 bits per heavy atom. The number of carbonyl (C=O) groups excluding carboxylic acids is 1. The molecule has 0 spiro atoms. The number of hydrogen-bond donors (Lipinski definition) is 2. The molecule has 1 amide bonds. The van der Waals surface area contributed by atoms with Crippen molar-refractivity contribution in [1.82, 2.24) is 15.2 Å². The van der Waals surface area contributed by atoms with Crippen LogP contribution in [0.15, 0.2) is 29.2 Å². The summed E-state index contributed by atoms with van der Waals surface area (Å²) in [7, 11) is -4.25. The van der Waals surface area contributed by atoms with Gasteiger partial charge in [0.25, 0.3) is 5.91 Å². The van der Waals surface area contributed by atoms with Crippen LogP contribution in [0.1, 0.15) is 6.42 Å². The van der Waals surface area contributed by atoms with Gasteiger partial charge in [0.1, 0.15) is 15.9 Å². The third kappa shape index (κ3) is 7.14. The average molecular weight is 398 g/mol. The Balaban J connectivity index is 3.01. The Hall–Kier alpha value is -1.20. The molecule has 0 radical (unpaired) electrons. The van der Waals surface area contributed by atoms with E-state index in [0.29, 0.717) is 5.02 Å². The molecule has 0 aliphatic heterocycles. The van der Waals surface area contributed by atoms with Crippen LogP contribution in [0.4, 0.5) is 0 Å². The lowest BCUT2D eigenvalue weighted by Crippen LogP contribution is -2.50. The second-order valence-corrected chi connectivity index (χ2v) is 9.83. The predicted octanol–water partition coefficient (Wildman–Crippen LogP) is 0.0144. The first-order valence-corrected chi connectivity index (χ1v) is 10.8. The molecule has 0 saturated carbocycles. The van der Waals surface area contributed by atoms with Crippen LogP contribution < -0.4 is 10.1 Å². The summed E-state index contributed by atoms with van der Waals surface area (Å²) in [5, 5.41) is 1.71. The SMILES string of the molecule is CN(C)NC(=O)[C@@H](CCS(C)(=O)=O)NS(=O)(=O)c1ccc(Cl)cc1. The first kappa shape index (κ1) is 20.8. The average Bonchev–Trinajstić information content (AvgIpc) is 2.42. The van der Waals surface area contributed by atoms with Crippen molar-refractivity contribution in [2.45, 2.75) is 17.4 Å². The minimum atomic E-state index is -4.01. The lowest BCUT2D eigenvalue weighted by atomic mass is 10.2. The van der Waals surface area contributed by atoms with Crippen molar-refractivity contribution in [1.29, 1.82) is 0 Å². The number of amides is 1. The van der Waals surface area contributed by atoms with Gasteiger partial charge in [0.2, 0.25) is 10.0 Å². The zero-order valence-electron chi connectivity index (χ0n) is 13.5. The van der Waals surface area contributed by atoms with Crippen molar-refractivity contribution in [2.75, 3.05) is 26.1 Å². The fourth-order valence-electron chi connectivity index (χ4n) is 1.74. The molecule has 1 atom stereocenters. The van der Waals surface area contributed by atoms with Gasteiger partial charge in [0, 0.05) is 25.4 Å². The number of sulfone groups is 1. The van der Waals surface area contributed by atoms with Crippen molar-refractivity contribution in [2.24, 2.45) is 0 Å². The highest BCUT2D eigenvalue weighted by Gasteiger charge is 2.27. The highest BCUT2D eigenvalue weighted by Crippen LogP contribution is 2.15. The molecule has 136 valence electrons. The molecule has 24 heavy (non-hydrogen) atoms. The molecule has 11 heteroatoms. The smallest absolute Gasteiger partial charge is 0.252 e. The van der Waals surface area contributed by atoms with Gasteiger partial charge in [-0.2, -0.15) is 4.72 Å². The molecule has 0 aliphatic carbocycles. The molecule has 1 aromatic rings. The Bertz CT molecular complexity index is 776. The number of halogens is 1. The normalized spacial score (nSPS) is 13.7. The van der Waals surface area contributed by atoms with Crippen LogP contribution >= 0.6 is 11.6 Å². The number of benzene rings is 1. The summed E-state index contributed by atoms with van der Waals surface area (Å²) in [4.78, 5) is 12.1. The maximum atomic E-state index is 12.4. The van der Waals surface area contributed by atoms with Gasteiger partial charge in [-0.3, -0.25) is 10.2 Å². The largest absolute Gasteiger partial charge is 0.288 e. The molecule has 1 rings (SSSR count). The summed E-state index contributed by atoms with van der Waals surface area (Å²) in [6, 6.07) is 4.16. The number of nitrogens with zero attached hydrogens (tertiary/aromatic N) is 1. The van der Waals surface area contributed by atoms with Gasteiger partial charge < -0.3 is 0 Å². The van der Waals surface area contributed by atoms with Crippen molar-refractivity contribution < 1.29 is 21.6 Å². The molecule has 8 nitrogen and oxygen atoms in total. The van der Waals surface area contributed by atoms with E-state index in [0.717, 1.165) is 6.26 Å². The topological polar surface area (TPSA) is 113 Å². The summed E-state index contributed by atoms with van der Waals surface area (Å²) < 4.78 is 49.6. The third-order valence-corrected chi connectivity index (χ3v) is 5.57. The van der Waals surface area contributed by atoms with Gasteiger partial charge in [-0.25, -0.2) is 21.8 Å².